The van der Waals surface area contributed by atoms with Gasteiger partial charge in [-0.15, -0.1) is 0 Å². The Balaban J connectivity index is 1.95. The third-order valence-corrected chi connectivity index (χ3v) is 4.19. The van der Waals surface area contributed by atoms with Crippen LogP contribution in [-0.4, -0.2) is 23.4 Å². The Morgan fingerprint density at radius 1 is 1.31 bits per heavy atom. The normalized spacial score (nSPS) is 35.3. The lowest BCUT2D eigenvalue weighted by Crippen LogP contribution is -2.22. The van der Waals surface area contributed by atoms with Gasteiger partial charge in [0.05, 0.1) is 11.9 Å². The van der Waals surface area contributed by atoms with E-state index in [0.29, 0.717) is 12.0 Å². The van der Waals surface area contributed by atoms with Gasteiger partial charge in [-0.2, -0.15) is 11.8 Å². The molecule has 0 amide bonds. The van der Waals surface area contributed by atoms with Crippen molar-refractivity contribution in [2.75, 3.05) is 6.26 Å². The summed E-state index contributed by atoms with van der Waals surface area (Å²) in [7, 11) is 0. The third kappa shape index (κ3) is 2.19. The Kier molecular flexibility index (Phi) is 2.82. The maximum absolute atomic E-state index is 5.92. The van der Waals surface area contributed by atoms with Crippen LogP contribution in [0.15, 0.2) is 4.99 Å². The SMILES string of the molecule is CSC1CCCC1N=C(N)C1CC1. The number of hydrogen-bond acceptors (Lipinski definition) is 2. The van der Waals surface area contributed by atoms with Crippen molar-refractivity contribution < 1.29 is 0 Å². The molecule has 2 aliphatic rings. The molecule has 74 valence electrons. The minimum atomic E-state index is 0.524. The first-order valence-electron chi connectivity index (χ1n) is 5.17. The Morgan fingerprint density at radius 3 is 2.69 bits per heavy atom. The second-order valence-electron chi connectivity index (χ2n) is 4.10. The van der Waals surface area contributed by atoms with Crippen LogP contribution in [0.25, 0.3) is 0 Å². The van der Waals surface area contributed by atoms with Crippen LogP contribution in [0.5, 0.6) is 0 Å². The fourth-order valence-electron chi connectivity index (χ4n) is 2.01. The molecule has 0 aromatic heterocycles. The predicted octanol–water partition coefficient (Wildman–Crippen LogP) is 2.04. The molecule has 0 aromatic carbocycles. The summed E-state index contributed by atoms with van der Waals surface area (Å²) in [6.45, 7) is 0. The van der Waals surface area contributed by atoms with Crippen LogP contribution in [-0.2, 0) is 0 Å². The monoisotopic (exact) mass is 198 g/mol. The summed E-state index contributed by atoms with van der Waals surface area (Å²) in [4.78, 5) is 4.66. The Labute approximate surface area is 84.4 Å². The molecule has 0 heterocycles. The molecule has 2 aliphatic carbocycles. The zero-order valence-electron chi connectivity index (χ0n) is 8.20. The molecule has 2 fully saturated rings. The molecule has 0 spiro atoms. The van der Waals surface area contributed by atoms with Crippen LogP contribution in [0.3, 0.4) is 0 Å². The van der Waals surface area contributed by atoms with Crippen molar-refractivity contribution in [3.05, 3.63) is 0 Å². The molecule has 2 N–H and O–H groups in total. The zero-order chi connectivity index (χ0) is 9.26. The fourth-order valence-corrected chi connectivity index (χ4v) is 2.92. The molecule has 2 unspecified atom stereocenters. The van der Waals surface area contributed by atoms with Gasteiger partial charge in [0.1, 0.15) is 0 Å². The molecular formula is C10H18N2S. The summed E-state index contributed by atoms with van der Waals surface area (Å²) in [5, 5.41) is 0.734. The second kappa shape index (κ2) is 3.91. The van der Waals surface area contributed by atoms with Gasteiger partial charge in [-0.25, -0.2) is 0 Å². The van der Waals surface area contributed by atoms with Crippen LogP contribution < -0.4 is 5.73 Å². The van der Waals surface area contributed by atoms with Crippen molar-refractivity contribution in [2.45, 2.75) is 43.4 Å². The van der Waals surface area contributed by atoms with Crippen molar-refractivity contribution >= 4 is 17.6 Å². The van der Waals surface area contributed by atoms with Gasteiger partial charge in [0.25, 0.3) is 0 Å². The summed E-state index contributed by atoms with van der Waals surface area (Å²) in [5.74, 6) is 1.58. The van der Waals surface area contributed by atoms with Crippen LogP contribution in [0.2, 0.25) is 0 Å². The molecule has 3 heteroatoms. The smallest absolute Gasteiger partial charge is 0.0972 e. The predicted molar refractivity (Wildman–Crippen MR) is 59.3 cm³/mol. The molecule has 2 atom stereocenters. The van der Waals surface area contributed by atoms with Crippen molar-refractivity contribution in [3.8, 4) is 0 Å². The summed E-state index contributed by atoms with van der Waals surface area (Å²) in [6.07, 6.45) is 8.63. The topological polar surface area (TPSA) is 38.4 Å². The number of nitrogens with two attached hydrogens (primary N) is 1. The van der Waals surface area contributed by atoms with Gasteiger partial charge >= 0.3 is 0 Å². The highest BCUT2D eigenvalue weighted by molar-refractivity contribution is 7.99. The lowest BCUT2D eigenvalue weighted by atomic mass is 10.2. The number of amidine groups is 1. The fraction of sp³-hybridized carbons (Fsp3) is 0.900. The second-order valence-corrected chi connectivity index (χ2v) is 5.18. The largest absolute Gasteiger partial charge is 0.387 e. The highest BCUT2D eigenvalue weighted by atomic mass is 32.2. The van der Waals surface area contributed by atoms with Gasteiger partial charge < -0.3 is 5.73 Å². The molecule has 0 radical (unpaired) electrons. The number of rotatable bonds is 3. The number of aliphatic imine (C=N–C) groups is 1. The van der Waals surface area contributed by atoms with Gasteiger partial charge in [-0.3, -0.25) is 4.99 Å². The number of nitrogens with zero attached hydrogens (tertiary/aromatic N) is 1. The highest BCUT2D eigenvalue weighted by Crippen LogP contribution is 2.33. The molecule has 2 nitrogen and oxygen atoms in total. The van der Waals surface area contributed by atoms with E-state index in [2.05, 4.69) is 11.2 Å². The molecule has 0 bridgehead atoms. The molecule has 2 rings (SSSR count). The van der Waals surface area contributed by atoms with Crippen molar-refractivity contribution in [1.82, 2.24) is 0 Å². The first-order valence-corrected chi connectivity index (χ1v) is 6.46. The van der Waals surface area contributed by atoms with E-state index in [0.717, 1.165) is 11.1 Å². The standard InChI is InChI=1S/C10H18N2S/c1-13-9-4-2-3-8(9)12-10(11)7-5-6-7/h7-9H,2-6H2,1H3,(H2,11,12). The van der Waals surface area contributed by atoms with Crippen LogP contribution in [0.1, 0.15) is 32.1 Å². The van der Waals surface area contributed by atoms with Gasteiger partial charge in [0.15, 0.2) is 0 Å². The molecule has 13 heavy (non-hydrogen) atoms. The van der Waals surface area contributed by atoms with E-state index >= 15 is 0 Å². The number of thioether (sulfide) groups is 1. The van der Waals surface area contributed by atoms with Crippen LogP contribution in [0, 0.1) is 5.92 Å². The van der Waals surface area contributed by atoms with E-state index < -0.39 is 0 Å². The highest BCUT2D eigenvalue weighted by Gasteiger charge is 2.30. The molecule has 2 saturated carbocycles. The van der Waals surface area contributed by atoms with E-state index in [-0.39, 0.29) is 0 Å². The molecule has 0 aromatic rings. The quantitative estimate of drug-likeness (QED) is 0.556. The van der Waals surface area contributed by atoms with E-state index in [1.807, 2.05) is 11.8 Å². The van der Waals surface area contributed by atoms with E-state index in [1.165, 1.54) is 32.1 Å². The maximum Gasteiger partial charge on any atom is 0.0972 e. The number of hydrogen-bond donors (Lipinski definition) is 1. The van der Waals surface area contributed by atoms with Crippen LogP contribution >= 0.6 is 11.8 Å². The summed E-state index contributed by atoms with van der Waals surface area (Å²) in [5.41, 5.74) is 5.92. The minimum Gasteiger partial charge on any atom is -0.387 e. The van der Waals surface area contributed by atoms with E-state index in [9.17, 15) is 0 Å². The lowest BCUT2D eigenvalue weighted by Gasteiger charge is -2.13. The van der Waals surface area contributed by atoms with E-state index in [1.54, 1.807) is 0 Å². The van der Waals surface area contributed by atoms with Gasteiger partial charge in [0, 0.05) is 11.2 Å². The maximum atomic E-state index is 5.92. The zero-order valence-corrected chi connectivity index (χ0v) is 9.02. The molecule has 0 aliphatic heterocycles. The third-order valence-electron chi connectivity index (χ3n) is 3.03. The average molecular weight is 198 g/mol. The first kappa shape index (κ1) is 9.38. The van der Waals surface area contributed by atoms with Crippen molar-refractivity contribution in [1.29, 1.82) is 0 Å². The Morgan fingerprint density at radius 2 is 2.08 bits per heavy atom. The summed E-state index contributed by atoms with van der Waals surface area (Å²) >= 11 is 1.95. The van der Waals surface area contributed by atoms with Gasteiger partial charge in [-0.1, -0.05) is 6.42 Å². The lowest BCUT2D eigenvalue weighted by molar-refractivity contribution is 0.713. The van der Waals surface area contributed by atoms with Gasteiger partial charge in [0.2, 0.25) is 0 Å². The van der Waals surface area contributed by atoms with Crippen molar-refractivity contribution in [3.63, 3.8) is 0 Å². The molecular weight excluding hydrogens is 180 g/mol. The first-order chi connectivity index (χ1) is 6.31. The van der Waals surface area contributed by atoms with Gasteiger partial charge in [-0.05, 0) is 31.9 Å². The Hall–Kier alpha value is -0.180. The minimum absolute atomic E-state index is 0.524. The summed E-state index contributed by atoms with van der Waals surface area (Å²) in [6, 6.07) is 0.524. The van der Waals surface area contributed by atoms with Crippen molar-refractivity contribution in [2.24, 2.45) is 16.6 Å². The van der Waals surface area contributed by atoms with E-state index in [4.69, 9.17) is 5.73 Å². The Bertz CT molecular complexity index is 211. The summed E-state index contributed by atoms with van der Waals surface area (Å²) < 4.78 is 0. The average Bonchev–Trinajstić information content (AvgIpc) is 2.88. The van der Waals surface area contributed by atoms with Crippen LogP contribution in [0.4, 0.5) is 0 Å². The molecule has 0 saturated heterocycles.